The fourth-order valence-corrected chi connectivity index (χ4v) is 2.51. The first-order valence-electron chi connectivity index (χ1n) is 7.88. The van der Waals surface area contributed by atoms with E-state index in [1.54, 1.807) is 0 Å². The van der Waals surface area contributed by atoms with Crippen molar-refractivity contribution >= 4 is 11.9 Å². The minimum Gasteiger partial charge on any atom is -0.466 e. The third kappa shape index (κ3) is 6.40. The zero-order valence-corrected chi connectivity index (χ0v) is 13.2. The number of esters is 1. The highest BCUT2D eigenvalue weighted by atomic mass is 16.5. The van der Waals surface area contributed by atoms with Crippen LogP contribution in [0.15, 0.2) is 0 Å². The summed E-state index contributed by atoms with van der Waals surface area (Å²) in [7, 11) is 0. The van der Waals surface area contributed by atoms with Crippen LogP contribution in [0.4, 0.5) is 0 Å². The second-order valence-electron chi connectivity index (χ2n) is 6.41. The molecule has 4 nitrogen and oxygen atoms in total. The van der Waals surface area contributed by atoms with Crippen LogP contribution in [0, 0.1) is 5.41 Å². The molecule has 1 aliphatic heterocycles. The quantitative estimate of drug-likeness (QED) is 0.532. The van der Waals surface area contributed by atoms with Crippen molar-refractivity contribution in [1.82, 2.24) is 4.90 Å². The van der Waals surface area contributed by atoms with Crippen molar-refractivity contribution in [2.45, 2.75) is 65.7 Å². The smallest absolute Gasteiger partial charge is 0.305 e. The van der Waals surface area contributed by atoms with E-state index in [1.165, 1.54) is 0 Å². The SMILES string of the molecule is CCOC(=O)CCCCCN1CCC(C)(C)CCC1=O. The van der Waals surface area contributed by atoms with E-state index in [2.05, 4.69) is 13.8 Å². The van der Waals surface area contributed by atoms with Crippen molar-refractivity contribution in [2.24, 2.45) is 5.41 Å². The molecule has 0 aromatic carbocycles. The summed E-state index contributed by atoms with van der Waals surface area (Å²) in [5.41, 5.74) is 0.286. The van der Waals surface area contributed by atoms with E-state index in [0.717, 1.165) is 45.2 Å². The first-order chi connectivity index (χ1) is 9.44. The van der Waals surface area contributed by atoms with Crippen LogP contribution in [0.1, 0.15) is 65.7 Å². The fourth-order valence-electron chi connectivity index (χ4n) is 2.51. The molecular formula is C16H29NO3. The number of nitrogens with zero attached hydrogens (tertiary/aromatic N) is 1. The standard InChI is InChI=1S/C16H29NO3/c1-4-20-15(19)8-6-5-7-12-17-13-11-16(2,3)10-9-14(17)18/h4-13H2,1-3H3. The van der Waals surface area contributed by atoms with Gasteiger partial charge < -0.3 is 9.64 Å². The van der Waals surface area contributed by atoms with Gasteiger partial charge in [-0.1, -0.05) is 20.3 Å². The molecule has 0 spiro atoms. The Morgan fingerprint density at radius 1 is 1.25 bits per heavy atom. The summed E-state index contributed by atoms with van der Waals surface area (Å²) < 4.78 is 4.89. The van der Waals surface area contributed by atoms with Gasteiger partial charge in [0, 0.05) is 25.9 Å². The van der Waals surface area contributed by atoms with E-state index in [0.29, 0.717) is 25.4 Å². The molecule has 1 saturated heterocycles. The first-order valence-corrected chi connectivity index (χ1v) is 7.88. The lowest BCUT2D eigenvalue weighted by atomic mass is 9.85. The van der Waals surface area contributed by atoms with E-state index in [-0.39, 0.29) is 11.4 Å². The summed E-state index contributed by atoms with van der Waals surface area (Å²) in [5.74, 6) is 0.182. The van der Waals surface area contributed by atoms with Gasteiger partial charge in [-0.05, 0) is 38.0 Å². The lowest BCUT2D eigenvalue weighted by molar-refractivity contribution is -0.143. The van der Waals surface area contributed by atoms with Crippen LogP contribution >= 0.6 is 0 Å². The molecule has 0 unspecified atom stereocenters. The number of unbranched alkanes of at least 4 members (excludes halogenated alkanes) is 2. The molecule has 1 heterocycles. The van der Waals surface area contributed by atoms with Crippen molar-refractivity contribution in [3.05, 3.63) is 0 Å². The molecule has 0 atom stereocenters. The molecule has 0 aromatic heterocycles. The number of amides is 1. The fraction of sp³-hybridized carbons (Fsp3) is 0.875. The molecule has 4 heteroatoms. The van der Waals surface area contributed by atoms with Gasteiger partial charge in [0.1, 0.15) is 0 Å². The van der Waals surface area contributed by atoms with Crippen LogP contribution in [0.25, 0.3) is 0 Å². The molecule has 0 N–H and O–H groups in total. The highest BCUT2D eigenvalue weighted by Gasteiger charge is 2.26. The number of carbonyl (C=O) groups is 2. The number of hydrogen-bond acceptors (Lipinski definition) is 3. The largest absolute Gasteiger partial charge is 0.466 e. The van der Waals surface area contributed by atoms with Gasteiger partial charge in [-0.3, -0.25) is 9.59 Å². The molecule has 1 fully saturated rings. The van der Waals surface area contributed by atoms with Gasteiger partial charge in [-0.2, -0.15) is 0 Å². The second kappa shape index (κ2) is 8.28. The minimum absolute atomic E-state index is 0.111. The van der Waals surface area contributed by atoms with Crippen LogP contribution in [0.2, 0.25) is 0 Å². The second-order valence-corrected chi connectivity index (χ2v) is 6.41. The molecule has 1 amide bonds. The van der Waals surface area contributed by atoms with Crippen LogP contribution in [0.3, 0.4) is 0 Å². The maximum absolute atomic E-state index is 12.0. The Hall–Kier alpha value is -1.06. The summed E-state index contributed by atoms with van der Waals surface area (Å²) in [4.78, 5) is 25.2. The topological polar surface area (TPSA) is 46.6 Å². The highest BCUT2D eigenvalue weighted by molar-refractivity contribution is 5.76. The molecule has 0 saturated carbocycles. The zero-order chi connectivity index (χ0) is 15.0. The summed E-state index contributed by atoms with van der Waals surface area (Å²) in [6.45, 7) is 8.47. The Morgan fingerprint density at radius 3 is 2.70 bits per heavy atom. The molecule has 20 heavy (non-hydrogen) atoms. The van der Waals surface area contributed by atoms with E-state index < -0.39 is 0 Å². The van der Waals surface area contributed by atoms with Gasteiger partial charge in [0.15, 0.2) is 0 Å². The summed E-state index contributed by atoms with van der Waals surface area (Å²) in [6, 6.07) is 0. The number of hydrogen-bond donors (Lipinski definition) is 0. The Morgan fingerprint density at radius 2 is 2.00 bits per heavy atom. The molecule has 0 bridgehead atoms. The Kier molecular flexibility index (Phi) is 7.03. The lowest BCUT2D eigenvalue weighted by Gasteiger charge is -2.23. The van der Waals surface area contributed by atoms with E-state index in [1.807, 2.05) is 11.8 Å². The summed E-state index contributed by atoms with van der Waals surface area (Å²) >= 11 is 0. The molecule has 0 radical (unpaired) electrons. The maximum Gasteiger partial charge on any atom is 0.305 e. The predicted molar refractivity (Wildman–Crippen MR) is 79.3 cm³/mol. The monoisotopic (exact) mass is 283 g/mol. The van der Waals surface area contributed by atoms with Crippen LogP contribution in [0.5, 0.6) is 0 Å². The lowest BCUT2D eigenvalue weighted by Crippen LogP contribution is -2.31. The summed E-state index contributed by atoms with van der Waals surface area (Å²) in [5, 5.41) is 0. The van der Waals surface area contributed by atoms with Gasteiger partial charge >= 0.3 is 5.97 Å². The minimum atomic E-state index is -0.111. The molecule has 116 valence electrons. The van der Waals surface area contributed by atoms with Crippen LogP contribution < -0.4 is 0 Å². The number of likely N-dealkylation sites (tertiary alicyclic amines) is 1. The van der Waals surface area contributed by atoms with E-state index in [4.69, 9.17) is 4.74 Å². The Labute approximate surface area is 122 Å². The number of ether oxygens (including phenoxy) is 1. The Bertz CT molecular complexity index is 326. The molecule has 0 aliphatic carbocycles. The average Bonchev–Trinajstić information content (AvgIpc) is 2.51. The van der Waals surface area contributed by atoms with Gasteiger partial charge in [0.2, 0.25) is 5.91 Å². The maximum atomic E-state index is 12.0. The Balaban J connectivity index is 2.18. The highest BCUT2D eigenvalue weighted by Crippen LogP contribution is 2.30. The van der Waals surface area contributed by atoms with Gasteiger partial charge in [0.25, 0.3) is 0 Å². The van der Waals surface area contributed by atoms with E-state index in [9.17, 15) is 9.59 Å². The van der Waals surface area contributed by atoms with Crippen molar-refractivity contribution in [1.29, 1.82) is 0 Å². The van der Waals surface area contributed by atoms with E-state index >= 15 is 0 Å². The normalized spacial score (nSPS) is 18.8. The molecule has 1 rings (SSSR count). The molecule has 1 aliphatic rings. The van der Waals surface area contributed by atoms with Crippen molar-refractivity contribution in [3.63, 3.8) is 0 Å². The van der Waals surface area contributed by atoms with Gasteiger partial charge in [0.05, 0.1) is 6.61 Å². The number of carbonyl (C=O) groups excluding carboxylic acids is 2. The van der Waals surface area contributed by atoms with Crippen molar-refractivity contribution in [2.75, 3.05) is 19.7 Å². The summed E-state index contributed by atoms with van der Waals surface area (Å²) in [6.07, 6.45) is 6.06. The van der Waals surface area contributed by atoms with Gasteiger partial charge in [-0.25, -0.2) is 0 Å². The molecular weight excluding hydrogens is 254 g/mol. The van der Waals surface area contributed by atoms with Gasteiger partial charge in [-0.15, -0.1) is 0 Å². The molecule has 0 aromatic rings. The number of rotatable bonds is 7. The zero-order valence-electron chi connectivity index (χ0n) is 13.2. The first kappa shape index (κ1) is 17.0. The van der Waals surface area contributed by atoms with Crippen molar-refractivity contribution < 1.29 is 14.3 Å². The van der Waals surface area contributed by atoms with Crippen LogP contribution in [-0.4, -0.2) is 36.5 Å². The predicted octanol–water partition coefficient (Wildman–Crippen LogP) is 3.15. The average molecular weight is 283 g/mol. The third-order valence-electron chi connectivity index (χ3n) is 4.04. The van der Waals surface area contributed by atoms with Crippen molar-refractivity contribution in [3.8, 4) is 0 Å². The van der Waals surface area contributed by atoms with Crippen LogP contribution in [-0.2, 0) is 14.3 Å². The third-order valence-corrected chi connectivity index (χ3v) is 4.04.